The first-order chi connectivity index (χ1) is 18.5. The second-order valence-electron chi connectivity index (χ2n) is 13.0. The van der Waals surface area contributed by atoms with Crippen LogP contribution in [0.15, 0.2) is 12.1 Å². The van der Waals surface area contributed by atoms with Gasteiger partial charge in [0.2, 0.25) is 5.91 Å². The lowest BCUT2D eigenvalue weighted by atomic mass is 9.84. The van der Waals surface area contributed by atoms with E-state index in [1.54, 1.807) is 0 Å². The summed E-state index contributed by atoms with van der Waals surface area (Å²) in [4.78, 5) is 31.0. The molecule has 2 aliphatic heterocycles. The molecule has 2 amide bonds. The second-order valence-corrected chi connectivity index (χ2v) is 13.0. The molecule has 1 aromatic rings. The van der Waals surface area contributed by atoms with Crippen molar-refractivity contribution in [1.82, 2.24) is 20.9 Å². The third-order valence-electron chi connectivity index (χ3n) is 9.51. The summed E-state index contributed by atoms with van der Waals surface area (Å²) in [6, 6.07) is 5.87. The summed E-state index contributed by atoms with van der Waals surface area (Å²) in [5.74, 6) is 0.377. The Labute approximate surface area is 235 Å². The predicted molar refractivity (Wildman–Crippen MR) is 159 cm³/mol. The van der Waals surface area contributed by atoms with Gasteiger partial charge in [0.25, 0.3) is 5.91 Å². The zero-order valence-corrected chi connectivity index (χ0v) is 25.1. The Morgan fingerprint density at radius 3 is 2.41 bits per heavy atom. The summed E-state index contributed by atoms with van der Waals surface area (Å²) in [7, 11) is 6.42. The van der Waals surface area contributed by atoms with Gasteiger partial charge < -0.3 is 31.5 Å². The zero-order valence-electron chi connectivity index (χ0n) is 25.1. The minimum atomic E-state index is -0.196. The lowest BCUT2D eigenvalue weighted by molar-refractivity contribution is -0.129. The predicted octanol–water partition coefficient (Wildman–Crippen LogP) is 2.99. The number of rotatable bonds is 8. The molecule has 4 rings (SSSR count). The van der Waals surface area contributed by atoms with Gasteiger partial charge in [0.05, 0.1) is 5.92 Å². The number of hydrogen-bond donors (Lipinski definition) is 4. The number of benzene rings is 1. The van der Waals surface area contributed by atoms with Crippen LogP contribution < -0.4 is 26.6 Å². The Hall–Kier alpha value is -2.16. The lowest BCUT2D eigenvalue weighted by Crippen LogP contribution is -2.50. The third kappa shape index (κ3) is 7.33. The van der Waals surface area contributed by atoms with Crippen LogP contribution in [0.2, 0.25) is 0 Å². The van der Waals surface area contributed by atoms with Gasteiger partial charge in [-0.05, 0) is 108 Å². The summed E-state index contributed by atoms with van der Waals surface area (Å²) >= 11 is 0. The maximum Gasteiger partial charge on any atom is 0.251 e. The maximum absolute atomic E-state index is 13.7. The summed E-state index contributed by atoms with van der Waals surface area (Å²) in [5, 5.41) is 9.94. The molecule has 2 saturated heterocycles. The van der Waals surface area contributed by atoms with Crippen molar-refractivity contribution in [2.75, 3.05) is 45.7 Å². The molecule has 1 aliphatic carbocycles. The van der Waals surface area contributed by atoms with E-state index < -0.39 is 0 Å². The first kappa shape index (κ1) is 29.8. The molecule has 5 atom stereocenters. The van der Waals surface area contributed by atoms with Gasteiger partial charge in [0, 0.05) is 62.1 Å². The quantitative estimate of drug-likeness (QED) is 0.404. The number of anilines is 1. The van der Waals surface area contributed by atoms with Gasteiger partial charge in [-0.1, -0.05) is 6.92 Å². The summed E-state index contributed by atoms with van der Waals surface area (Å²) in [5.41, 5.74) is 10.3. The van der Waals surface area contributed by atoms with Crippen molar-refractivity contribution in [3.8, 4) is 0 Å². The summed E-state index contributed by atoms with van der Waals surface area (Å²) in [6.45, 7) is 8.55. The molecule has 3 fully saturated rings. The number of hydrogen-bond acceptors (Lipinski definition) is 6. The van der Waals surface area contributed by atoms with Crippen molar-refractivity contribution in [2.24, 2.45) is 17.6 Å². The van der Waals surface area contributed by atoms with E-state index in [0.29, 0.717) is 30.6 Å². The average molecular weight is 541 g/mol. The number of nitrogens with zero attached hydrogens (tertiary/aromatic N) is 2. The van der Waals surface area contributed by atoms with E-state index >= 15 is 0 Å². The molecule has 218 valence electrons. The highest BCUT2D eigenvalue weighted by molar-refractivity contribution is 5.97. The van der Waals surface area contributed by atoms with Crippen molar-refractivity contribution in [1.29, 1.82) is 0 Å². The van der Waals surface area contributed by atoms with Gasteiger partial charge in [-0.25, -0.2) is 0 Å². The van der Waals surface area contributed by atoms with E-state index in [2.05, 4.69) is 72.9 Å². The molecule has 39 heavy (non-hydrogen) atoms. The van der Waals surface area contributed by atoms with E-state index in [0.717, 1.165) is 74.8 Å². The highest BCUT2D eigenvalue weighted by atomic mass is 16.2. The number of amides is 2. The van der Waals surface area contributed by atoms with Crippen LogP contribution in [0, 0.1) is 18.8 Å². The molecular formula is C31H52N6O2. The summed E-state index contributed by atoms with van der Waals surface area (Å²) < 4.78 is 0. The van der Waals surface area contributed by atoms with Crippen LogP contribution in [0.25, 0.3) is 0 Å². The number of carbonyl (C=O) groups is 2. The van der Waals surface area contributed by atoms with Crippen LogP contribution in [0.1, 0.15) is 86.2 Å². The Bertz CT molecular complexity index is 997. The molecule has 1 saturated carbocycles. The van der Waals surface area contributed by atoms with Crippen LogP contribution in [-0.4, -0.2) is 81.7 Å². The Kier molecular flexibility index (Phi) is 9.94. The van der Waals surface area contributed by atoms with E-state index in [1.165, 1.54) is 5.56 Å². The second kappa shape index (κ2) is 13.0. The van der Waals surface area contributed by atoms with Gasteiger partial charge >= 0.3 is 0 Å². The molecule has 1 aromatic carbocycles. The largest absolute Gasteiger partial charge is 0.371 e. The van der Waals surface area contributed by atoms with Gasteiger partial charge in [-0.3, -0.25) is 9.59 Å². The standard InChI is InChI=1S/C31H52N6O2/c1-19-13-20(2)35-31(39)28(19)17-34-30(38)27-14-23(22-7-10-25(33-16-22)18-36(4)5)15-29(21(27)3)37(6)26-11-8-24(32)9-12-26/h14-15,19-20,22,24-26,28,33H,7-13,16-18,32H2,1-6H3,(H,34,38)(H,35,39)/t19?,20?,22?,24-,25?,26-,28?. The van der Waals surface area contributed by atoms with E-state index in [-0.39, 0.29) is 29.7 Å². The molecule has 3 aliphatic rings. The topological polar surface area (TPSA) is 103 Å². The Morgan fingerprint density at radius 2 is 1.79 bits per heavy atom. The third-order valence-corrected chi connectivity index (χ3v) is 9.51. The normalized spacial score (nSPS) is 31.6. The van der Waals surface area contributed by atoms with Crippen molar-refractivity contribution < 1.29 is 9.59 Å². The molecule has 5 unspecified atom stereocenters. The molecule has 8 heteroatoms. The number of nitrogens with one attached hydrogen (secondary N) is 3. The SMILES string of the molecule is Cc1c(C(=O)NCC2C(=O)NC(C)CC2C)cc(C2CCC(CN(C)C)NC2)cc1N(C)[C@H]1CC[C@H](N)CC1. The van der Waals surface area contributed by atoms with Crippen LogP contribution in [-0.2, 0) is 4.79 Å². The van der Waals surface area contributed by atoms with Crippen molar-refractivity contribution in [3.05, 3.63) is 28.8 Å². The summed E-state index contributed by atoms with van der Waals surface area (Å²) in [6.07, 6.45) is 7.40. The average Bonchev–Trinajstić information content (AvgIpc) is 2.88. The molecule has 0 radical (unpaired) electrons. The van der Waals surface area contributed by atoms with Crippen molar-refractivity contribution in [3.63, 3.8) is 0 Å². The first-order valence-electron chi connectivity index (χ1n) is 15.1. The maximum atomic E-state index is 13.7. The molecule has 8 nitrogen and oxygen atoms in total. The van der Waals surface area contributed by atoms with Crippen LogP contribution in [0.5, 0.6) is 0 Å². The van der Waals surface area contributed by atoms with Gasteiger partial charge in [-0.2, -0.15) is 0 Å². The van der Waals surface area contributed by atoms with Crippen LogP contribution in [0.4, 0.5) is 5.69 Å². The molecular weight excluding hydrogens is 488 g/mol. The fraction of sp³-hybridized carbons (Fsp3) is 0.742. The van der Waals surface area contributed by atoms with Crippen LogP contribution in [0.3, 0.4) is 0 Å². The van der Waals surface area contributed by atoms with E-state index in [4.69, 9.17) is 5.73 Å². The highest BCUT2D eigenvalue weighted by Gasteiger charge is 2.33. The van der Waals surface area contributed by atoms with Crippen molar-refractivity contribution >= 4 is 17.5 Å². The fourth-order valence-corrected chi connectivity index (χ4v) is 7.02. The number of carbonyl (C=O) groups excluding carboxylic acids is 2. The monoisotopic (exact) mass is 540 g/mol. The molecule has 0 bridgehead atoms. The lowest BCUT2D eigenvalue weighted by Gasteiger charge is -2.37. The fourth-order valence-electron chi connectivity index (χ4n) is 7.02. The zero-order chi connectivity index (χ0) is 28.3. The highest BCUT2D eigenvalue weighted by Crippen LogP contribution is 2.35. The van der Waals surface area contributed by atoms with Gasteiger partial charge in [0.1, 0.15) is 0 Å². The number of nitrogens with two attached hydrogens (primary N) is 1. The van der Waals surface area contributed by atoms with Crippen LogP contribution >= 0.6 is 0 Å². The Balaban J connectivity index is 1.56. The minimum absolute atomic E-state index is 0.0449. The van der Waals surface area contributed by atoms with Crippen molar-refractivity contribution in [2.45, 2.75) is 95.8 Å². The molecule has 0 aromatic heterocycles. The van der Waals surface area contributed by atoms with E-state index in [9.17, 15) is 9.59 Å². The smallest absolute Gasteiger partial charge is 0.251 e. The van der Waals surface area contributed by atoms with E-state index in [1.807, 2.05) is 6.92 Å². The Morgan fingerprint density at radius 1 is 1.08 bits per heavy atom. The first-order valence-corrected chi connectivity index (χ1v) is 15.1. The van der Waals surface area contributed by atoms with Gasteiger partial charge in [-0.15, -0.1) is 0 Å². The number of likely N-dealkylation sites (N-methyl/N-ethyl adjacent to an activating group) is 1. The molecule has 2 heterocycles. The molecule has 0 spiro atoms. The number of piperidine rings is 2. The minimum Gasteiger partial charge on any atom is -0.371 e. The molecule has 5 N–H and O–H groups in total. The van der Waals surface area contributed by atoms with Gasteiger partial charge in [0.15, 0.2) is 0 Å².